The first-order valence-electron chi connectivity index (χ1n) is 13.6. The Morgan fingerprint density at radius 3 is 2.44 bits per heavy atom. The zero-order valence-corrected chi connectivity index (χ0v) is 23.2. The van der Waals surface area contributed by atoms with Gasteiger partial charge >= 0.3 is 0 Å². The van der Waals surface area contributed by atoms with Crippen LogP contribution in [0, 0.1) is 11.8 Å². The molecule has 4 rings (SSSR count). The molecule has 210 valence electrons. The molecule has 2 heterocycles. The number of fused-ring (bicyclic) bond motifs is 1. The van der Waals surface area contributed by atoms with E-state index in [1.54, 1.807) is 37.3 Å². The van der Waals surface area contributed by atoms with Crippen molar-refractivity contribution in [1.29, 1.82) is 0 Å². The number of benzene rings is 2. The lowest BCUT2D eigenvalue weighted by Gasteiger charge is -2.36. The zero-order valence-electron chi connectivity index (χ0n) is 23.2. The standard InChI is InChI=1S/C30H39N3O6/c1-20-17-33(29(35)23-8-6-5-7-9-23)21(2)19-39-26-11-10-24(31-28(34)22-12-14-38-15-13-22)16-25(26)30(36)32(3)18-27(20)37-4/h5-11,16,20-22,27H,12-15,17-19H2,1-4H3,(H,31,34)/t20-,21+,27-/m0/s1. The van der Waals surface area contributed by atoms with Crippen LogP contribution in [-0.4, -0.2) is 86.7 Å². The summed E-state index contributed by atoms with van der Waals surface area (Å²) in [7, 11) is 3.35. The fourth-order valence-electron chi connectivity index (χ4n) is 5.09. The molecular weight excluding hydrogens is 498 g/mol. The number of hydrogen-bond acceptors (Lipinski definition) is 6. The molecule has 39 heavy (non-hydrogen) atoms. The van der Waals surface area contributed by atoms with E-state index in [2.05, 4.69) is 5.32 Å². The van der Waals surface area contributed by atoms with Crippen LogP contribution in [0.25, 0.3) is 0 Å². The Labute approximate surface area is 230 Å². The van der Waals surface area contributed by atoms with Crippen LogP contribution >= 0.6 is 0 Å². The van der Waals surface area contributed by atoms with Crippen LogP contribution in [0.5, 0.6) is 5.75 Å². The third-order valence-corrected chi connectivity index (χ3v) is 7.59. The van der Waals surface area contributed by atoms with E-state index < -0.39 is 0 Å². The van der Waals surface area contributed by atoms with Crippen LogP contribution in [0.15, 0.2) is 48.5 Å². The van der Waals surface area contributed by atoms with Gasteiger partial charge in [0.15, 0.2) is 0 Å². The predicted molar refractivity (Wildman–Crippen MR) is 148 cm³/mol. The molecule has 0 radical (unpaired) electrons. The molecule has 3 amide bonds. The molecule has 0 saturated carbocycles. The first kappa shape index (κ1) is 28.6. The number of nitrogens with zero attached hydrogens (tertiary/aromatic N) is 2. The summed E-state index contributed by atoms with van der Waals surface area (Å²) in [6.07, 6.45) is 1.06. The highest BCUT2D eigenvalue weighted by Crippen LogP contribution is 2.28. The van der Waals surface area contributed by atoms with E-state index in [0.717, 1.165) is 0 Å². The first-order chi connectivity index (χ1) is 18.8. The Morgan fingerprint density at radius 2 is 1.74 bits per heavy atom. The number of anilines is 1. The van der Waals surface area contributed by atoms with Gasteiger partial charge in [-0.25, -0.2) is 0 Å². The summed E-state index contributed by atoms with van der Waals surface area (Å²) in [4.78, 5) is 43.4. The highest BCUT2D eigenvalue weighted by atomic mass is 16.5. The van der Waals surface area contributed by atoms with Crippen molar-refractivity contribution >= 4 is 23.4 Å². The van der Waals surface area contributed by atoms with Gasteiger partial charge in [-0.15, -0.1) is 0 Å². The minimum atomic E-state index is -0.294. The van der Waals surface area contributed by atoms with Gasteiger partial charge in [-0.1, -0.05) is 25.1 Å². The number of nitrogens with one attached hydrogen (secondary N) is 1. The third kappa shape index (κ3) is 6.96. The number of ether oxygens (including phenoxy) is 3. The topological polar surface area (TPSA) is 97.4 Å². The van der Waals surface area contributed by atoms with Gasteiger partial charge in [-0.2, -0.15) is 0 Å². The van der Waals surface area contributed by atoms with Crippen molar-refractivity contribution in [3.63, 3.8) is 0 Å². The average molecular weight is 538 g/mol. The quantitative estimate of drug-likeness (QED) is 0.639. The number of hydrogen-bond donors (Lipinski definition) is 1. The first-order valence-corrected chi connectivity index (χ1v) is 13.6. The van der Waals surface area contributed by atoms with E-state index >= 15 is 0 Å². The Balaban J connectivity index is 1.62. The Bertz CT molecular complexity index is 1150. The fourth-order valence-corrected chi connectivity index (χ4v) is 5.09. The summed E-state index contributed by atoms with van der Waals surface area (Å²) in [6.45, 7) is 6.08. The van der Waals surface area contributed by atoms with Gasteiger partial charge < -0.3 is 29.3 Å². The second kappa shape index (κ2) is 13.1. The van der Waals surface area contributed by atoms with Crippen molar-refractivity contribution in [1.82, 2.24) is 9.80 Å². The molecule has 9 heteroatoms. The summed E-state index contributed by atoms with van der Waals surface area (Å²) in [5.74, 6) is -0.160. The van der Waals surface area contributed by atoms with Gasteiger partial charge in [-0.05, 0) is 50.1 Å². The summed E-state index contributed by atoms with van der Waals surface area (Å²) in [5, 5.41) is 2.96. The highest BCUT2D eigenvalue weighted by molar-refractivity contribution is 6.00. The Hall–Kier alpha value is -3.43. The predicted octanol–water partition coefficient (Wildman–Crippen LogP) is 3.70. The van der Waals surface area contributed by atoms with Crippen LogP contribution in [0.3, 0.4) is 0 Å². The van der Waals surface area contributed by atoms with Gasteiger partial charge in [0.25, 0.3) is 11.8 Å². The minimum absolute atomic E-state index is 0.0515. The van der Waals surface area contributed by atoms with Gasteiger partial charge in [0, 0.05) is 63.5 Å². The van der Waals surface area contributed by atoms with E-state index in [4.69, 9.17) is 14.2 Å². The lowest BCUT2D eigenvalue weighted by Crippen LogP contribution is -2.48. The van der Waals surface area contributed by atoms with Crippen LogP contribution in [0.4, 0.5) is 5.69 Å². The average Bonchev–Trinajstić information content (AvgIpc) is 2.97. The zero-order chi connectivity index (χ0) is 27.9. The maximum atomic E-state index is 13.6. The summed E-state index contributed by atoms with van der Waals surface area (Å²) in [5.41, 5.74) is 1.49. The molecule has 0 aliphatic carbocycles. The Morgan fingerprint density at radius 1 is 1.03 bits per heavy atom. The van der Waals surface area contributed by atoms with Gasteiger partial charge in [0.05, 0.1) is 17.7 Å². The molecule has 2 aliphatic heterocycles. The molecule has 3 atom stereocenters. The molecule has 9 nitrogen and oxygen atoms in total. The fraction of sp³-hybridized carbons (Fsp3) is 0.500. The second-order valence-electron chi connectivity index (χ2n) is 10.5. The normalized spacial score (nSPS) is 23.2. The maximum absolute atomic E-state index is 13.6. The number of carbonyl (C=O) groups is 3. The number of methoxy groups -OCH3 is 1. The van der Waals surface area contributed by atoms with Crippen LogP contribution in [0.1, 0.15) is 47.4 Å². The molecule has 0 aromatic heterocycles. The van der Waals surface area contributed by atoms with Gasteiger partial charge in [-0.3, -0.25) is 14.4 Å². The maximum Gasteiger partial charge on any atom is 0.257 e. The summed E-state index contributed by atoms with van der Waals surface area (Å²) < 4.78 is 17.3. The van der Waals surface area contributed by atoms with Gasteiger partial charge in [0.1, 0.15) is 12.4 Å². The van der Waals surface area contributed by atoms with E-state index in [9.17, 15) is 14.4 Å². The molecular formula is C30H39N3O6. The minimum Gasteiger partial charge on any atom is -0.491 e. The molecule has 2 aliphatic rings. The van der Waals surface area contributed by atoms with Crippen molar-refractivity contribution in [2.75, 3.05) is 52.4 Å². The molecule has 2 aromatic rings. The highest BCUT2D eigenvalue weighted by Gasteiger charge is 2.31. The smallest absolute Gasteiger partial charge is 0.257 e. The summed E-state index contributed by atoms with van der Waals surface area (Å²) in [6, 6.07) is 14.0. The third-order valence-electron chi connectivity index (χ3n) is 7.59. The Kier molecular flexibility index (Phi) is 9.59. The van der Waals surface area contributed by atoms with Crippen molar-refractivity contribution in [3.05, 3.63) is 59.7 Å². The van der Waals surface area contributed by atoms with E-state index in [1.165, 1.54) is 0 Å². The molecule has 1 N–H and O–H groups in total. The van der Waals surface area contributed by atoms with Gasteiger partial charge in [0.2, 0.25) is 5.91 Å². The molecule has 0 spiro atoms. The van der Waals surface area contributed by atoms with Crippen molar-refractivity contribution < 1.29 is 28.6 Å². The van der Waals surface area contributed by atoms with E-state index in [0.29, 0.717) is 61.7 Å². The van der Waals surface area contributed by atoms with Crippen LogP contribution < -0.4 is 10.1 Å². The van der Waals surface area contributed by atoms with E-state index in [1.807, 2.05) is 49.1 Å². The largest absolute Gasteiger partial charge is 0.491 e. The monoisotopic (exact) mass is 537 g/mol. The van der Waals surface area contributed by atoms with Crippen molar-refractivity contribution in [2.45, 2.75) is 38.8 Å². The second-order valence-corrected chi connectivity index (χ2v) is 10.5. The summed E-state index contributed by atoms with van der Waals surface area (Å²) >= 11 is 0. The molecule has 1 fully saturated rings. The number of amides is 3. The van der Waals surface area contributed by atoms with Crippen LogP contribution in [-0.2, 0) is 14.3 Å². The molecule has 2 aromatic carbocycles. The molecule has 0 bridgehead atoms. The van der Waals surface area contributed by atoms with E-state index in [-0.39, 0.29) is 48.3 Å². The lowest BCUT2D eigenvalue weighted by molar-refractivity contribution is -0.122. The lowest BCUT2D eigenvalue weighted by atomic mass is 9.99. The molecule has 1 saturated heterocycles. The number of rotatable bonds is 4. The number of likely N-dealkylation sites (N-methyl/N-ethyl adjacent to an activating group) is 1. The van der Waals surface area contributed by atoms with Crippen molar-refractivity contribution in [2.24, 2.45) is 11.8 Å². The SMILES string of the molecule is CO[C@H]1CN(C)C(=O)c2cc(NC(=O)C3CCOCC3)ccc2OC[C@@H](C)N(C(=O)c2ccccc2)C[C@@H]1C. The van der Waals surface area contributed by atoms with Crippen LogP contribution in [0.2, 0.25) is 0 Å². The molecule has 0 unspecified atom stereocenters. The van der Waals surface area contributed by atoms with Crippen molar-refractivity contribution in [3.8, 4) is 5.75 Å². The number of carbonyl (C=O) groups excluding carboxylic acids is 3.